The van der Waals surface area contributed by atoms with Gasteiger partial charge in [-0.1, -0.05) is 0 Å². The van der Waals surface area contributed by atoms with Crippen LogP contribution < -0.4 is 22.1 Å². The number of nitrogens with two attached hydrogens (primary N) is 2. The maximum Gasteiger partial charge on any atom is 0.326 e. The number of carboxylic acids is 2. The van der Waals surface area contributed by atoms with Crippen LogP contribution in [-0.2, 0) is 16.1 Å². The van der Waals surface area contributed by atoms with Crippen molar-refractivity contribution in [2.24, 2.45) is 0 Å². The number of anilines is 3. The third kappa shape index (κ3) is 5.35. The number of amides is 1. The van der Waals surface area contributed by atoms with E-state index in [1.165, 1.54) is 12.1 Å². The minimum Gasteiger partial charge on any atom is -0.481 e. The normalized spacial score (nSPS) is 11.7. The molecule has 3 rings (SSSR count). The van der Waals surface area contributed by atoms with Gasteiger partial charge in [-0.2, -0.15) is 9.97 Å². The Hall–Kier alpha value is -4.42. The van der Waals surface area contributed by atoms with Crippen LogP contribution >= 0.6 is 0 Å². The molecule has 9 N–H and O–H groups in total. The number of rotatable bonds is 9. The lowest BCUT2D eigenvalue weighted by molar-refractivity contribution is -0.140. The third-order valence-corrected chi connectivity index (χ3v) is 4.30. The van der Waals surface area contributed by atoms with Crippen LogP contribution in [0.4, 0.5) is 17.5 Å². The molecule has 0 aliphatic carbocycles. The second kappa shape index (κ2) is 8.94. The average molecular weight is 428 g/mol. The van der Waals surface area contributed by atoms with Crippen molar-refractivity contribution in [2.45, 2.75) is 25.4 Å². The van der Waals surface area contributed by atoms with E-state index in [4.69, 9.17) is 21.7 Å². The van der Waals surface area contributed by atoms with Crippen LogP contribution in [0.2, 0.25) is 0 Å². The number of aliphatic carboxylic acids is 2. The molecule has 2 heterocycles. The van der Waals surface area contributed by atoms with Gasteiger partial charge in [-0.3, -0.25) is 9.59 Å². The number of aromatic nitrogens is 4. The highest BCUT2D eigenvalue weighted by Crippen LogP contribution is 2.17. The molecule has 1 atom stereocenters. The molecule has 0 saturated carbocycles. The first kappa shape index (κ1) is 21.3. The molecule has 0 aliphatic heterocycles. The highest BCUT2D eigenvalue weighted by molar-refractivity contribution is 5.97. The smallest absolute Gasteiger partial charge is 0.326 e. The van der Waals surface area contributed by atoms with Crippen molar-refractivity contribution in [3.8, 4) is 0 Å². The quantitative estimate of drug-likeness (QED) is 0.243. The number of H-pyrrole nitrogens is 1. The molecule has 0 saturated heterocycles. The van der Waals surface area contributed by atoms with Gasteiger partial charge in [0.2, 0.25) is 5.95 Å². The number of imidazole rings is 1. The lowest BCUT2D eigenvalue weighted by Crippen LogP contribution is -2.41. The van der Waals surface area contributed by atoms with Crippen molar-refractivity contribution < 1.29 is 24.6 Å². The minimum absolute atomic E-state index is 0.0259. The number of hydrogen-bond acceptors (Lipinski definition) is 9. The SMILES string of the molecule is Nc1nc(N)c2[nH]c(CNc3ccc(C(=O)N[C@@H](CCC(=O)O)C(=O)O)cc3)nc2n1. The molecular formula is C18H20N8O5. The average Bonchev–Trinajstić information content (AvgIpc) is 3.12. The standard InChI is InChI=1S/C18H20N8O5/c19-14-13-15(26-18(20)25-14)24-11(23-13)7-21-9-3-1-8(2-4-9)16(29)22-10(17(30)31)5-6-12(27)28/h1-4,10,21H,5-7H2,(H,22,29)(H,27,28)(H,30,31)(H5,19,20,23,24,25,26)/t10-/m0/s1. The number of carbonyl (C=O) groups is 3. The molecule has 1 amide bonds. The summed E-state index contributed by atoms with van der Waals surface area (Å²) in [5, 5.41) is 23.3. The number of nitrogens with zero attached hydrogens (tertiary/aromatic N) is 3. The molecule has 0 fully saturated rings. The van der Waals surface area contributed by atoms with Gasteiger partial charge >= 0.3 is 11.9 Å². The van der Waals surface area contributed by atoms with E-state index >= 15 is 0 Å². The Labute approximate surface area is 174 Å². The van der Waals surface area contributed by atoms with Gasteiger partial charge < -0.3 is 37.3 Å². The van der Waals surface area contributed by atoms with E-state index in [0.29, 0.717) is 29.2 Å². The molecular weight excluding hydrogens is 408 g/mol. The molecule has 3 aromatic rings. The predicted molar refractivity (Wildman–Crippen MR) is 110 cm³/mol. The van der Waals surface area contributed by atoms with Crippen LogP contribution in [-0.4, -0.2) is 54.0 Å². The van der Waals surface area contributed by atoms with Gasteiger partial charge in [-0.15, -0.1) is 0 Å². The summed E-state index contributed by atoms with van der Waals surface area (Å²) in [6, 6.07) is 5.00. The van der Waals surface area contributed by atoms with Crippen LogP contribution in [0.15, 0.2) is 24.3 Å². The molecule has 0 radical (unpaired) electrons. The number of benzene rings is 1. The largest absolute Gasteiger partial charge is 0.481 e. The monoisotopic (exact) mass is 428 g/mol. The van der Waals surface area contributed by atoms with Gasteiger partial charge in [0.15, 0.2) is 11.5 Å². The van der Waals surface area contributed by atoms with Crippen LogP contribution in [0, 0.1) is 0 Å². The topological polar surface area (TPSA) is 222 Å². The maximum atomic E-state index is 12.3. The van der Waals surface area contributed by atoms with Gasteiger partial charge in [0.05, 0.1) is 6.54 Å². The van der Waals surface area contributed by atoms with Crippen LogP contribution in [0.5, 0.6) is 0 Å². The number of nitrogen functional groups attached to an aromatic ring is 2. The number of hydrogen-bond donors (Lipinski definition) is 7. The van der Waals surface area contributed by atoms with Crippen LogP contribution in [0.25, 0.3) is 11.2 Å². The summed E-state index contributed by atoms with van der Waals surface area (Å²) in [5.41, 5.74) is 13.1. The van der Waals surface area contributed by atoms with Crippen molar-refractivity contribution >= 4 is 46.5 Å². The number of carbonyl (C=O) groups excluding carboxylic acids is 1. The summed E-state index contributed by atoms with van der Waals surface area (Å²) in [4.78, 5) is 49.2. The molecule has 13 heteroatoms. The summed E-state index contributed by atoms with van der Waals surface area (Å²) < 4.78 is 0. The van der Waals surface area contributed by atoms with E-state index in [1.807, 2.05) is 0 Å². The van der Waals surface area contributed by atoms with Gasteiger partial charge in [-0.05, 0) is 30.7 Å². The van der Waals surface area contributed by atoms with Gasteiger partial charge in [0, 0.05) is 17.7 Å². The number of nitrogens with one attached hydrogen (secondary N) is 3. The second-order valence-corrected chi connectivity index (χ2v) is 6.58. The van der Waals surface area contributed by atoms with E-state index in [2.05, 4.69) is 30.6 Å². The molecule has 162 valence electrons. The van der Waals surface area contributed by atoms with Crippen molar-refractivity contribution in [2.75, 3.05) is 16.8 Å². The Bertz CT molecular complexity index is 1130. The summed E-state index contributed by atoms with van der Waals surface area (Å²) in [7, 11) is 0. The zero-order chi connectivity index (χ0) is 22.5. The molecule has 13 nitrogen and oxygen atoms in total. The van der Waals surface area contributed by atoms with Crippen molar-refractivity contribution in [3.63, 3.8) is 0 Å². The van der Waals surface area contributed by atoms with Crippen molar-refractivity contribution in [1.82, 2.24) is 25.3 Å². The Morgan fingerprint density at radius 3 is 2.42 bits per heavy atom. The summed E-state index contributed by atoms with van der Waals surface area (Å²) in [6.07, 6.45) is -0.584. The predicted octanol–water partition coefficient (Wildman–Crippen LogP) is 0.177. The maximum absolute atomic E-state index is 12.3. The third-order valence-electron chi connectivity index (χ3n) is 4.30. The van der Waals surface area contributed by atoms with E-state index < -0.39 is 23.9 Å². The molecule has 0 spiro atoms. The number of carboxylic acid groups (broad SMARTS) is 2. The Kier molecular flexibility index (Phi) is 6.14. The lowest BCUT2D eigenvalue weighted by Gasteiger charge is -2.14. The van der Waals surface area contributed by atoms with Crippen molar-refractivity contribution in [1.29, 1.82) is 0 Å². The molecule has 1 aromatic carbocycles. The van der Waals surface area contributed by atoms with E-state index in [-0.39, 0.29) is 30.2 Å². The van der Waals surface area contributed by atoms with Crippen molar-refractivity contribution in [3.05, 3.63) is 35.7 Å². The number of fused-ring (bicyclic) bond motifs is 1. The van der Waals surface area contributed by atoms with Gasteiger partial charge in [0.25, 0.3) is 5.91 Å². The van der Waals surface area contributed by atoms with Crippen LogP contribution in [0.1, 0.15) is 29.0 Å². The molecule has 2 aromatic heterocycles. The van der Waals surface area contributed by atoms with Crippen LogP contribution in [0.3, 0.4) is 0 Å². The fourth-order valence-electron chi connectivity index (χ4n) is 2.76. The Morgan fingerprint density at radius 1 is 1.06 bits per heavy atom. The summed E-state index contributed by atoms with van der Waals surface area (Å²) >= 11 is 0. The van der Waals surface area contributed by atoms with E-state index in [0.717, 1.165) is 0 Å². The molecule has 0 aliphatic rings. The molecule has 0 bridgehead atoms. The first-order chi connectivity index (χ1) is 14.7. The summed E-state index contributed by atoms with van der Waals surface area (Å²) in [6.45, 7) is 0.303. The zero-order valence-corrected chi connectivity index (χ0v) is 16.1. The molecule has 0 unspecified atom stereocenters. The number of aromatic amines is 1. The minimum atomic E-state index is -1.30. The lowest BCUT2D eigenvalue weighted by atomic mass is 10.1. The highest BCUT2D eigenvalue weighted by Gasteiger charge is 2.21. The fourth-order valence-corrected chi connectivity index (χ4v) is 2.76. The molecule has 31 heavy (non-hydrogen) atoms. The van der Waals surface area contributed by atoms with E-state index in [1.54, 1.807) is 12.1 Å². The summed E-state index contributed by atoms with van der Waals surface area (Å²) in [5.74, 6) is -2.29. The Morgan fingerprint density at radius 2 is 1.77 bits per heavy atom. The zero-order valence-electron chi connectivity index (χ0n) is 16.1. The van der Waals surface area contributed by atoms with Gasteiger partial charge in [-0.25, -0.2) is 9.78 Å². The Balaban J connectivity index is 1.60. The van der Waals surface area contributed by atoms with Gasteiger partial charge in [0.1, 0.15) is 17.4 Å². The fraction of sp³-hybridized carbons (Fsp3) is 0.222. The first-order valence-electron chi connectivity index (χ1n) is 9.10. The second-order valence-electron chi connectivity index (χ2n) is 6.58. The van der Waals surface area contributed by atoms with E-state index in [9.17, 15) is 14.4 Å². The highest BCUT2D eigenvalue weighted by atomic mass is 16.4. The first-order valence-corrected chi connectivity index (χ1v) is 9.10.